The fraction of sp³-hybridized carbons (Fsp3) is 0.692. The lowest BCUT2D eigenvalue weighted by Crippen LogP contribution is -2.30. The van der Waals surface area contributed by atoms with Crippen LogP contribution in [0.1, 0.15) is 54.5 Å². The molecule has 0 bridgehead atoms. The van der Waals surface area contributed by atoms with Crippen LogP contribution < -0.4 is 5.32 Å². The number of rotatable bonds is 5. The van der Waals surface area contributed by atoms with Crippen molar-refractivity contribution in [2.24, 2.45) is 0 Å². The topological polar surface area (TPSA) is 51.2 Å². The van der Waals surface area contributed by atoms with E-state index in [9.17, 15) is 4.79 Å². The van der Waals surface area contributed by atoms with E-state index in [1.165, 1.54) is 43.4 Å². The summed E-state index contributed by atoms with van der Waals surface area (Å²) in [4.78, 5) is 15.8. The van der Waals surface area contributed by atoms with Crippen molar-refractivity contribution in [3.8, 4) is 0 Å². The van der Waals surface area contributed by atoms with Crippen LogP contribution in [0.5, 0.6) is 0 Å². The molecule has 0 aromatic carbocycles. The predicted octanol–water partition coefficient (Wildman–Crippen LogP) is 2.74. The summed E-state index contributed by atoms with van der Waals surface area (Å²) in [6.07, 6.45) is 6.53. The molecular formula is C13H20N2O2S. The molecule has 1 saturated carbocycles. The SMILES string of the molecule is CCOC(=O)c1csc(CNC2CCCCC2)n1. The van der Waals surface area contributed by atoms with E-state index in [0.717, 1.165) is 11.6 Å². The lowest BCUT2D eigenvalue weighted by molar-refractivity contribution is 0.0520. The van der Waals surface area contributed by atoms with Gasteiger partial charge in [-0.2, -0.15) is 0 Å². The molecule has 1 aliphatic rings. The van der Waals surface area contributed by atoms with Gasteiger partial charge in [0.1, 0.15) is 5.01 Å². The third kappa shape index (κ3) is 3.78. The summed E-state index contributed by atoms with van der Waals surface area (Å²) in [5.74, 6) is -0.322. The number of carbonyl (C=O) groups excluding carboxylic acids is 1. The first kappa shape index (κ1) is 13.5. The van der Waals surface area contributed by atoms with Crippen LogP contribution in [0.4, 0.5) is 0 Å². The maximum Gasteiger partial charge on any atom is 0.357 e. The van der Waals surface area contributed by atoms with Crippen molar-refractivity contribution in [1.29, 1.82) is 0 Å². The molecule has 0 spiro atoms. The molecule has 0 unspecified atom stereocenters. The number of ether oxygens (including phenoxy) is 1. The van der Waals surface area contributed by atoms with Crippen molar-refractivity contribution in [3.63, 3.8) is 0 Å². The van der Waals surface area contributed by atoms with E-state index in [2.05, 4.69) is 10.3 Å². The summed E-state index contributed by atoms with van der Waals surface area (Å²) in [6, 6.07) is 0.619. The zero-order valence-electron chi connectivity index (χ0n) is 10.8. The number of esters is 1. The van der Waals surface area contributed by atoms with Crippen LogP contribution >= 0.6 is 11.3 Å². The van der Waals surface area contributed by atoms with E-state index in [-0.39, 0.29) is 5.97 Å². The molecule has 0 saturated heterocycles. The van der Waals surface area contributed by atoms with Gasteiger partial charge < -0.3 is 10.1 Å². The fourth-order valence-corrected chi connectivity index (χ4v) is 2.94. The monoisotopic (exact) mass is 268 g/mol. The van der Waals surface area contributed by atoms with Gasteiger partial charge in [-0.25, -0.2) is 9.78 Å². The number of hydrogen-bond donors (Lipinski definition) is 1. The zero-order valence-corrected chi connectivity index (χ0v) is 11.6. The average Bonchev–Trinajstić information content (AvgIpc) is 2.87. The Morgan fingerprint density at radius 3 is 3.00 bits per heavy atom. The Morgan fingerprint density at radius 1 is 1.50 bits per heavy atom. The molecule has 1 aromatic heterocycles. The number of thiazole rings is 1. The van der Waals surface area contributed by atoms with Crippen LogP contribution in [0.25, 0.3) is 0 Å². The average molecular weight is 268 g/mol. The van der Waals surface area contributed by atoms with E-state index < -0.39 is 0 Å². The fourth-order valence-electron chi connectivity index (χ4n) is 2.23. The Balaban J connectivity index is 1.80. The van der Waals surface area contributed by atoms with Gasteiger partial charge in [0.05, 0.1) is 6.61 Å². The second kappa shape index (κ2) is 6.85. The molecule has 0 amide bonds. The van der Waals surface area contributed by atoms with Gasteiger partial charge in [-0.05, 0) is 19.8 Å². The number of hydrogen-bond acceptors (Lipinski definition) is 5. The van der Waals surface area contributed by atoms with Gasteiger partial charge in [0.15, 0.2) is 5.69 Å². The van der Waals surface area contributed by atoms with E-state index in [1.54, 1.807) is 12.3 Å². The molecular weight excluding hydrogens is 248 g/mol. The van der Waals surface area contributed by atoms with Crippen molar-refractivity contribution in [2.45, 2.75) is 51.6 Å². The summed E-state index contributed by atoms with van der Waals surface area (Å²) < 4.78 is 4.92. The summed E-state index contributed by atoms with van der Waals surface area (Å²) in [7, 11) is 0. The molecule has 100 valence electrons. The largest absolute Gasteiger partial charge is 0.461 e. The maximum atomic E-state index is 11.5. The van der Waals surface area contributed by atoms with Gasteiger partial charge >= 0.3 is 5.97 Å². The summed E-state index contributed by atoms with van der Waals surface area (Å²) in [5, 5.41) is 6.25. The quantitative estimate of drug-likeness (QED) is 0.834. The predicted molar refractivity (Wildman–Crippen MR) is 71.8 cm³/mol. The Bertz CT molecular complexity index is 386. The van der Waals surface area contributed by atoms with Crippen LogP contribution in [0.15, 0.2) is 5.38 Å². The zero-order chi connectivity index (χ0) is 12.8. The smallest absolute Gasteiger partial charge is 0.357 e. The van der Waals surface area contributed by atoms with Gasteiger partial charge in [-0.3, -0.25) is 0 Å². The molecule has 0 radical (unpaired) electrons. The third-order valence-electron chi connectivity index (χ3n) is 3.18. The first-order valence-corrected chi connectivity index (χ1v) is 7.52. The summed E-state index contributed by atoms with van der Waals surface area (Å²) >= 11 is 1.52. The van der Waals surface area contributed by atoms with E-state index in [0.29, 0.717) is 18.3 Å². The van der Waals surface area contributed by atoms with Crippen LogP contribution in [0.2, 0.25) is 0 Å². The molecule has 4 nitrogen and oxygen atoms in total. The number of nitrogens with zero attached hydrogens (tertiary/aromatic N) is 1. The minimum absolute atomic E-state index is 0.322. The highest BCUT2D eigenvalue weighted by molar-refractivity contribution is 7.09. The molecule has 1 aromatic rings. The Kier molecular flexibility index (Phi) is 5.13. The van der Waals surface area contributed by atoms with Crippen LogP contribution in [-0.4, -0.2) is 23.6 Å². The standard InChI is InChI=1S/C13H20N2O2S/c1-2-17-13(16)11-9-18-12(15-11)8-14-10-6-4-3-5-7-10/h9-10,14H,2-8H2,1H3. The highest BCUT2D eigenvalue weighted by Gasteiger charge is 2.15. The molecule has 0 atom stereocenters. The Morgan fingerprint density at radius 2 is 2.28 bits per heavy atom. The second-order valence-corrected chi connectivity index (χ2v) is 5.51. The van der Waals surface area contributed by atoms with E-state index in [4.69, 9.17) is 4.74 Å². The molecule has 5 heteroatoms. The molecule has 1 aliphatic carbocycles. The highest BCUT2D eigenvalue weighted by Crippen LogP contribution is 2.18. The molecule has 2 rings (SSSR count). The molecule has 1 fully saturated rings. The van der Waals surface area contributed by atoms with Gasteiger partial charge in [0.2, 0.25) is 0 Å². The number of nitrogens with one attached hydrogen (secondary N) is 1. The minimum Gasteiger partial charge on any atom is -0.461 e. The van der Waals surface area contributed by atoms with Crippen molar-refractivity contribution in [1.82, 2.24) is 10.3 Å². The normalized spacial score (nSPS) is 16.7. The van der Waals surface area contributed by atoms with Crippen LogP contribution in [0.3, 0.4) is 0 Å². The summed E-state index contributed by atoms with van der Waals surface area (Å²) in [5.41, 5.74) is 0.433. The van der Waals surface area contributed by atoms with E-state index >= 15 is 0 Å². The maximum absolute atomic E-state index is 11.5. The van der Waals surface area contributed by atoms with Crippen molar-refractivity contribution >= 4 is 17.3 Å². The molecule has 1 heterocycles. The van der Waals surface area contributed by atoms with Crippen molar-refractivity contribution in [2.75, 3.05) is 6.61 Å². The molecule has 1 N–H and O–H groups in total. The minimum atomic E-state index is -0.322. The summed E-state index contributed by atoms with van der Waals surface area (Å²) in [6.45, 7) is 2.95. The van der Waals surface area contributed by atoms with Gasteiger partial charge in [-0.15, -0.1) is 11.3 Å². The number of aromatic nitrogens is 1. The van der Waals surface area contributed by atoms with Gasteiger partial charge in [-0.1, -0.05) is 19.3 Å². The first-order valence-electron chi connectivity index (χ1n) is 6.64. The highest BCUT2D eigenvalue weighted by atomic mass is 32.1. The van der Waals surface area contributed by atoms with Crippen molar-refractivity contribution in [3.05, 3.63) is 16.1 Å². The number of carbonyl (C=O) groups is 1. The van der Waals surface area contributed by atoms with Crippen LogP contribution in [0, 0.1) is 0 Å². The Labute approximate surface area is 112 Å². The van der Waals surface area contributed by atoms with Gasteiger partial charge in [0.25, 0.3) is 0 Å². The Hall–Kier alpha value is -0.940. The van der Waals surface area contributed by atoms with Gasteiger partial charge in [0, 0.05) is 18.0 Å². The van der Waals surface area contributed by atoms with Crippen LogP contribution in [-0.2, 0) is 11.3 Å². The molecule has 18 heavy (non-hydrogen) atoms. The van der Waals surface area contributed by atoms with Crippen molar-refractivity contribution < 1.29 is 9.53 Å². The first-order chi connectivity index (χ1) is 8.79. The van der Waals surface area contributed by atoms with E-state index in [1.807, 2.05) is 0 Å². The molecule has 0 aliphatic heterocycles. The third-order valence-corrected chi connectivity index (χ3v) is 4.03. The second-order valence-electron chi connectivity index (χ2n) is 4.56. The lowest BCUT2D eigenvalue weighted by Gasteiger charge is -2.22. The lowest BCUT2D eigenvalue weighted by atomic mass is 9.96.